The maximum Gasteiger partial charge on any atom is 0.339 e. The Hall–Kier alpha value is -2.63. The molecule has 0 aliphatic heterocycles. The van der Waals surface area contributed by atoms with E-state index in [9.17, 15) is 9.18 Å². The van der Waals surface area contributed by atoms with Gasteiger partial charge in [0.1, 0.15) is 12.4 Å². The number of hydrogen-bond acceptors (Lipinski definition) is 5. The fourth-order valence-electron chi connectivity index (χ4n) is 1.92. The summed E-state index contributed by atoms with van der Waals surface area (Å²) in [7, 11) is 1.84. The highest BCUT2D eigenvalue weighted by molar-refractivity contribution is 5.89. The van der Waals surface area contributed by atoms with Gasteiger partial charge >= 0.3 is 5.97 Å². The Balaban J connectivity index is 1.87. The van der Waals surface area contributed by atoms with Crippen LogP contribution in [-0.2, 0) is 4.74 Å². The molecule has 0 N–H and O–H groups in total. The van der Waals surface area contributed by atoms with Crippen molar-refractivity contribution in [2.24, 2.45) is 0 Å². The number of para-hydroxylation sites is 1. The van der Waals surface area contributed by atoms with Crippen LogP contribution in [-0.4, -0.2) is 37.8 Å². The van der Waals surface area contributed by atoms with E-state index in [1.807, 2.05) is 11.9 Å². The number of pyridine rings is 1. The van der Waals surface area contributed by atoms with Gasteiger partial charge in [0.2, 0.25) is 0 Å². The molecule has 1 aromatic carbocycles. The van der Waals surface area contributed by atoms with Crippen molar-refractivity contribution in [3.63, 3.8) is 0 Å². The first-order valence-electron chi connectivity index (χ1n) is 7.33. The molecule has 5 nitrogen and oxygen atoms in total. The number of halogens is 1. The van der Waals surface area contributed by atoms with Gasteiger partial charge in [-0.1, -0.05) is 12.1 Å². The summed E-state index contributed by atoms with van der Waals surface area (Å²) in [5.41, 5.74) is 0.409. The highest BCUT2D eigenvalue weighted by Crippen LogP contribution is 2.15. The molecule has 0 unspecified atom stereocenters. The Morgan fingerprint density at radius 1 is 1.26 bits per heavy atom. The molecule has 2 aromatic rings. The second-order valence-electron chi connectivity index (χ2n) is 4.83. The van der Waals surface area contributed by atoms with Crippen LogP contribution in [0.2, 0.25) is 0 Å². The Kier molecular flexibility index (Phi) is 5.91. The lowest BCUT2D eigenvalue weighted by atomic mass is 10.3. The molecule has 0 fully saturated rings. The summed E-state index contributed by atoms with van der Waals surface area (Å²) in [6, 6.07) is 9.67. The van der Waals surface area contributed by atoms with Crippen LogP contribution in [0.15, 0.2) is 42.6 Å². The molecule has 1 heterocycles. The van der Waals surface area contributed by atoms with Gasteiger partial charge in [-0.25, -0.2) is 14.2 Å². The largest absolute Gasteiger partial charge is 0.489 e. The van der Waals surface area contributed by atoms with E-state index >= 15 is 0 Å². The van der Waals surface area contributed by atoms with Crippen molar-refractivity contribution in [2.75, 3.05) is 31.7 Å². The molecular formula is C17H19FN2O3. The average molecular weight is 318 g/mol. The maximum atomic E-state index is 13.4. The molecule has 0 saturated carbocycles. The van der Waals surface area contributed by atoms with Crippen LogP contribution in [0.4, 0.5) is 10.2 Å². The monoisotopic (exact) mass is 318 g/mol. The zero-order chi connectivity index (χ0) is 16.7. The summed E-state index contributed by atoms with van der Waals surface area (Å²) in [6.45, 7) is 2.93. The normalized spacial score (nSPS) is 10.2. The molecule has 0 radical (unpaired) electrons. The van der Waals surface area contributed by atoms with Gasteiger partial charge in [0.15, 0.2) is 11.6 Å². The maximum absolute atomic E-state index is 13.4. The highest BCUT2D eigenvalue weighted by atomic mass is 19.1. The van der Waals surface area contributed by atoms with Crippen LogP contribution in [0.3, 0.4) is 0 Å². The molecule has 0 atom stereocenters. The third kappa shape index (κ3) is 4.67. The van der Waals surface area contributed by atoms with Crippen LogP contribution in [0.1, 0.15) is 17.3 Å². The molecular weight excluding hydrogens is 299 g/mol. The van der Waals surface area contributed by atoms with Gasteiger partial charge in [0, 0.05) is 13.2 Å². The molecule has 0 amide bonds. The second kappa shape index (κ2) is 8.12. The number of carbonyl (C=O) groups is 1. The van der Waals surface area contributed by atoms with E-state index in [-0.39, 0.29) is 11.6 Å². The SMILES string of the molecule is CCOC(=O)c1ccc(N(C)CCOc2ccccc2F)nc1. The zero-order valence-corrected chi connectivity index (χ0v) is 13.2. The molecule has 0 bridgehead atoms. The van der Waals surface area contributed by atoms with E-state index in [1.165, 1.54) is 12.3 Å². The number of hydrogen-bond donors (Lipinski definition) is 0. The predicted molar refractivity (Wildman–Crippen MR) is 85.4 cm³/mol. The molecule has 122 valence electrons. The number of nitrogens with zero attached hydrogens (tertiary/aromatic N) is 2. The average Bonchev–Trinajstić information content (AvgIpc) is 2.57. The number of ether oxygens (including phenoxy) is 2. The number of benzene rings is 1. The van der Waals surface area contributed by atoms with Crippen LogP contribution >= 0.6 is 0 Å². The summed E-state index contributed by atoms with van der Waals surface area (Å²) in [5, 5.41) is 0. The molecule has 23 heavy (non-hydrogen) atoms. The van der Waals surface area contributed by atoms with Crippen molar-refractivity contribution in [1.29, 1.82) is 0 Å². The summed E-state index contributed by atoms with van der Waals surface area (Å²) < 4.78 is 23.7. The lowest BCUT2D eigenvalue weighted by Gasteiger charge is -2.18. The van der Waals surface area contributed by atoms with E-state index in [2.05, 4.69) is 4.98 Å². The lowest BCUT2D eigenvalue weighted by molar-refractivity contribution is 0.0526. The minimum absolute atomic E-state index is 0.228. The van der Waals surface area contributed by atoms with Gasteiger partial charge in [0.25, 0.3) is 0 Å². The Morgan fingerprint density at radius 3 is 2.70 bits per heavy atom. The first-order chi connectivity index (χ1) is 11.1. The Morgan fingerprint density at radius 2 is 2.04 bits per heavy atom. The molecule has 6 heteroatoms. The standard InChI is InChI=1S/C17H19FN2O3/c1-3-22-17(21)13-8-9-16(19-12-13)20(2)10-11-23-15-7-5-4-6-14(15)18/h4-9,12H,3,10-11H2,1-2H3. The van der Waals surface area contributed by atoms with Crippen molar-refractivity contribution < 1.29 is 18.7 Å². The first-order valence-corrected chi connectivity index (χ1v) is 7.33. The van der Waals surface area contributed by atoms with Crippen molar-refractivity contribution in [3.05, 3.63) is 54.0 Å². The summed E-state index contributed by atoms with van der Waals surface area (Å²) >= 11 is 0. The number of esters is 1. The predicted octanol–water partition coefficient (Wildman–Crippen LogP) is 2.91. The van der Waals surface area contributed by atoms with Crippen LogP contribution in [0.25, 0.3) is 0 Å². The number of rotatable bonds is 7. The summed E-state index contributed by atoms with van der Waals surface area (Å²) in [4.78, 5) is 17.6. The Bertz CT molecular complexity index is 647. The zero-order valence-electron chi connectivity index (χ0n) is 13.2. The van der Waals surface area contributed by atoms with Gasteiger partial charge in [-0.15, -0.1) is 0 Å². The molecule has 0 saturated heterocycles. The van der Waals surface area contributed by atoms with Gasteiger partial charge in [-0.05, 0) is 31.2 Å². The molecule has 1 aromatic heterocycles. The molecule has 0 spiro atoms. The summed E-state index contributed by atoms with van der Waals surface area (Å²) in [6.07, 6.45) is 1.47. The van der Waals surface area contributed by atoms with Crippen LogP contribution in [0.5, 0.6) is 5.75 Å². The van der Waals surface area contributed by atoms with E-state index < -0.39 is 5.97 Å². The van der Waals surface area contributed by atoms with Crippen molar-refractivity contribution >= 4 is 11.8 Å². The quantitative estimate of drug-likeness (QED) is 0.735. The van der Waals surface area contributed by atoms with Gasteiger partial charge in [-0.2, -0.15) is 0 Å². The number of aromatic nitrogens is 1. The van der Waals surface area contributed by atoms with Crippen molar-refractivity contribution in [1.82, 2.24) is 4.98 Å². The topological polar surface area (TPSA) is 51.7 Å². The van der Waals surface area contributed by atoms with E-state index in [4.69, 9.17) is 9.47 Å². The van der Waals surface area contributed by atoms with Crippen molar-refractivity contribution in [2.45, 2.75) is 6.92 Å². The van der Waals surface area contributed by atoms with Gasteiger partial charge < -0.3 is 14.4 Å². The number of anilines is 1. The molecule has 2 rings (SSSR count). The highest BCUT2D eigenvalue weighted by Gasteiger charge is 2.09. The van der Waals surface area contributed by atoms with Gasteiger partial charge in [0.05, 0.1) is 18.7 Å². The van der Waals surface area contributed by atoms with E-state index in [0.29, 0.717) is 31.1 Å². The first kappa shape index (κ1) is 16.7. The lowest BCUT2D eigenvalue weighted by Crippen LogP contribution is -2.24. The molecule has 0 aliphatic rings. The third-order valence-electron chi connectivity index (χ3n) is 3.17. The molecule has 0 aliphatic carbocycles. The minimum Gasteiger partial charge on any atom is -0.489 e. The Labute approximate surface area is 134 Å². The second-order valence-corrected chi connectivity index (χ2v) is 4.83. The fourth-order valence-corrected chi connectivity index (χ4v) is 1.92. The third-order valence-corrected chi connectivity index (χ3v) is 3.17. The van der Waals surface area contributed by atoms with Crippen LogP contribution in [0, 0.1) is 5.82 Å². The summed E-state index contributed by atoms with van der Waals surface area (Å²) in [5.74, 6) is 0.144. The van der Waals surface area contributed by atoms with Crippen molar-refractivity contribution in [3.8, 4) is 5.75 Å². The number of likely N-dealkylation sites (N-methyl/N-ethyl adjacent to an activating group) is 1. The van der Waals surface area contributed by atoms with E-state index in [1.54, 1.807) is 37.3 Å². The number of carbonyl (C=O) groups excluding carboxylic acids is 1. The van der Waals surface area contributed by atoms with Gasteiger partial charge in [-0.3, -0.25) is 0 Å². The fraction of sp³-hybridized carbons (Fsp3) is 0.294. The van der Waals surface area contributed by atoms with Crippen LogP contribution < -0.4 is 9.64 Å². The minimum atomic E-state index is -0.392. The van der Waals surface area contributed by atoms with E-state index in [0.717, 1.165) is 0 Å². The smallest absolute Gasteiger partial charge is 0.339 e.